The van der Waals surface area contributed by atoms with Gasteiger partial charge >= 0.3 is 5.97 Å². The first-order valence-electron chi connectivity index (χ1n) is 31.7. The van der Waals surface area contributed by atoms with Crippen LogP contribution in [-0.2, 0) is 66.4 Å². The van der Waals surface area contributed by atoms with Crippen molar-refractivity contribution in [3.05, 3.63) is 24.3 Å². The largest absolute Gasteiger partial charge is 0.459 e. The molecule has 0 aromatic heterocycles. The second-order valence-corrected chi connectivity index (χ2v) is 28.0. The molecule has 20 nitrogen and oxygen atoms in total. The van der Waals surface area contributed by atoms with Gasteiger partial charge in [0.15, 0.2) is 11.6 Å². The number of rotatable bonds is 2. The first-order chi connectivity index (χ1) is 39.2. The van der Waals surface area contributed by atoms with Crippen molar-refractivity contribution in [2.45, 2.75) is 308 Å². The van der Waals surface area contributed by atoms with E-state index in [1.807, 2.05) is 0 Å². The summed E-state index contributed by atoms with van der Waals surface area (Å²) in [5, 5.41) is 65.4. The van der Waals surface area contributed by atoms with E-state index in [0.717, 1.165) is 24.0 Å². The molecule has 15 heterocycles. The molecule has 462 valence electrons. The van der Waals surface area contributed by atoms with E-state index in [4.69, 9.17) is 61.6 Å². The van der Waals surface area contributed by atoms with E-state index < -0.39 is 96.7 Å². The van der Waals surface area contributed by atoms with Crippen molar-refractivity contribution in [1.82, 2.24) is 0 Å². The first kappa shape index (κ1) is 59.2. The molecule has 15 rings (SSSR count). The number of hydrogen-bond acceptors (Lipinski definition) is 20. The lowest BCUT2D eigenvalue weighted by molar-refractivity contribution is -0.370. The Morgan fingerprint density at radius 1 is 0.512 bits per heavy atom. The molecule has 15 aliphatic heterocycles. The summed E-state index contributed by atoms with van der Waals surface area (Å²) in [4.78, 5) is 14.4. The monoisotopic (exact) mass is 1160 g/mol. The van der Waals surface area contributed by atoms with Crippen LogP contribution in [0, 0.1) is 35.5 Å². The van der Waals surface area contributed by atoms with Crippen LogP contribution in [0.15, 0.2) is 24.3 Å². The van der Waals surface area contributed by atoms with Crippen LogP contribution >= 0.6 is 0 Å². The molecule has 15 fully saturated rings. The summed E-state index contributed by atoms with van der Waals surface area (Å²) in [6.45, 7) is 19.4. The quantitative estimate of drug-likeness (QED) is 0.169. The van der Waals surface area contributed by atoms with E-state index in [1.54, 1.807) is 6.92 Å². The van der Waals surface area contributed by atoms with Crippen LogP contribution < -0.4 is 0 Å². The molecule has 15 aliphatic rings. The number of carbonyl (C=O) groups excluding carboxylic acids is 1. The molecule has 0 aromatic carbocycles. The smallest absolute Gasteiger partial charge is 0.308 e. The van der Waals surface area contributed by atoms with E-state index in [1.165, 1.54) is 0 Å². The van der Waals surface area contributed by atoms with Crippen LogP contribution in [0.1, 0.15) is 144 Å². The number of ether oxygens (including phenoxy) is 13. The van der Waals surface area contributed by atoms with Crippen LogP contribution in [0.3, 0.4) is 0 Å². The fourth-order valence-electron chi connectivity index (χ4n) is 17.7. The average molecular weight is 1160 g/mol. The van der Waals surface area contributed by atoms with E-state index in [2.05, 4.69) is 40.9 Å². The highest BCUT2D eigenvalue weighted by atomic mass is 16.8. The van der Waals surface area contributed by atoms with Crippen LogP contribution in [0.4, 0.5) is 0 Å². The highest BCUT2D eigenvalue weighted by Gasteiger charge is 2.66. The van der Waals surface area contributed by atoms with Crippen molar-refractivity contribution in [3.8, 4) is 0 Å². The van der Waals surface area contributed by atoms with Gasteiger partial charge in [0.1, 0.15) is 18.3 Å². The zero-order valence-corrected chi connectivity index (χ0v) is 48.6. The minimum atomic E-state index is -1.43. The fraction of sp³-hybridized carbons (Fsp3) is 0.919. The van der Waals surface area contributed by atoms with Gasteiger partial charge in [-0.3, -0.25) is 4.79 Å². The summed E-state index contributed by atoms with van der Waals surface area (Å²) in [7, 11) is 0. The Labute approximate surface area is 482 Å². The van der Waals surface area contributed by atoms with Gasteiger partial charge in [-0.2, -0.15) is 0 Å². The van der Waals surface area contributed by atoms with E-state index >= 15 is 0 Å². The molecule has 0 aliphatic carbocycles. The molecule has 15 saturated heterocycles. The molecule has 0 radical (unpaired) electrons. The molecule has 6 N–H and O–H groups in total. The Kier molecular flexibility index (Phi) is 16.8. The van der Waals surface area contributed by atoms with Crippen LogP contribution in [-0.4, -0.2) is 214 Å². The van der Waals surface area contributed by atoms with E-state index in [-0.39, 0.29) is 135 Å². The Morgan fingerprint density at radius 3 is 1.99 bits per heavy atom. The summed E-state index contributed by atoms with van der Waals surface area (Å²) in [5.74, 6) is -3.04. The lowest BCUT2D eigenvalue weighted by atomic mass is 9.77. The number of fused-ring (bicyclic) bond motifs is 7. The van der Waals surface area contributed by atoms with Gasteiger partial charge < -0.3 is 92.2 Å². The van der Waals surface area contributed by atoms with E-state index in [0.29, 0.717) is 83.7 Å². The molecule has 0 saturated carbocycles. The zero-order chi connectivity index (χ0) is 57.3. The summed E-state index contributed by atoms with van der Waals surface area (Å²) in [5.41, 5.74) is 1.96. The van der Waals surface area contributed by atoms with Crippen LogP contribution in [0.25, 0.3) is 0 Å². The lowest BCUT2D eigenvalue weighted by Gasteiger charge is -2.54. The Morgan fingerprint density at radius 2 is 1.18 bits per heavy atom. The average Bonchev–Trinajstić information content (AvgIpc) is 4.34. The third-order valence-electron chi connectivity index (χ3n) is 22.2. The molecular formula is C62H94O20. The van der Waals surface area contributed by atoms with Gasteiger partial charge in [0, 0.05) is 69.1 Å². The molecule has 0 aromatic rings. The summed E-state index contributed by atoms with van der Waals surface area (Å²) < 4.78 is 88.3. The maximum atomic E-state index is 14.4. The van der Waals surface area contributed by atoms with E-state index in [9.17, 15) is 35.4 Å². The number of hydrogen-bond donors (Lipinski definition) is 6. The van der Waals surface area contributed by atoms with Crippen molar-refractivity contribution < 1.29 is 97.0 Å². The Bertz CT molecular complexity index is 2310. The highest BCUT2D eigenvalue weighted by molar-refractivity contribution is 5.70. The molecule has 33 atom stereocenters. The summed E-state index contributed by atoms with van der Waals surface area (Å²) >= 11 is 0. The van der Waals surface area contributed by atoms with Gasteiger partial charge in [0.2, 0.25) is 0 Å². The molecule has 20 heteroatoms. The SMILES string of the molecule is C=C1C[C@@H]2CC[C@@H](O)[C@H](O)[C@H](O)C(C)[C@H]3C[C@@H](O)C4O[C@H](CC[C@@H]4O3)CC(=O)O[C@@H]3[C@@H](C)[C@@H]4O[C@@H]5C[C@@]6(C[C@@H]7O[C@]8(C[C@H](C)[C@@H]9O[C@@H]%10C([C@@H](O)CO)CO[C@@H]%10C[C@@H]9O8)C[C@H](C)[C@@H]7O6)O[C@@H]5C[C@@H]4O[C@H]3C[C@H]3O[C@@H](CC[C@@H]1O2)C[C@@H](C)C3=C. The van der Waals surface area contributed by atoms with Crippen molar-refractivity contribution in [2.24, 2.45) is 35.5 Å². The third kappa shape index (κ3) is 11.2. The van der Waals surface area contributed by atoms with Crippen molar-refractivity contribution in [2.75, 3.05) is 13.2 Å². The molecule has 8 bridgehead atoms. The maximum absolute atomic E-state index is 14.4. The van der Waals surface area contributed by atoms with Crippen molar-refractivity contribution in [1.29, 1.82) is 0 Å². The Balaban J connectivity index is 0.703. The second kappa shape index (κ2) is 23.3. The van der Waals surface area contributed by atoms with Crippen molar-refractivity contribution >= 4 is 5.97 Å². The molecule has 3 unspecified atom stereocenters. The molecule has 2 spiro atoms. The molecular weight excluding hydrogens is 1060 g/mol. The minimum absolute atomic E-state index is 0.0433. The van der Waals surface area contributed by atoms with Gasteiger partial charge in [-0.25, -0.2) is 0 Å². The predicted molar refractivity (Wildman–Crippen MR) is 288 cm³/mol. The predicted octanol–water partition coefficient (Wildman–Crippen LogP) is 4.01. The standard InChI is InChI=1S/C62H94O20/c1-27-14-35-9-12-41-28(2)15-34(71-41)8-11-38(64)54(69)53(68)32(6)43-17-39(65)60-42(74-43)13-10-36(73-60)16-52(67)77-58-33(7)57-48(75-47(58)18-44(72-35)31(27)5)19-45-50(76-57)23-62(79-45)24-51-56(82-62)30(4)22-61(81-51)21-29(3)55-49(80-61)20-46-59(78-55)37(26-70-46)40(66)25-63/h27,29-30,32-51,53-60,63-66,68-69H,2,5,8-26H2,1,3-4,6-7H3/t27-,29+,30+,32?,33+,34+,35+,36-,37?,38-,39-,40+,41+,42+,43-,44-,45-,46-,47+,48+,49+,50-,51+,53-,54+,55+,56+,57+,58-,59-,60?,61-,62-/m1/s1. The minimum Gasteiger partial charge on any atom is -0.459 e. The number of carbonyl (C=O) groups is 1. The van der Waals surface area contributed by atoms with Crippen LogP contribution in [0.2, 0.25) is 0 Å². The number of aliphatic hydroxyl groups is 6. The topological polar surface area (TPSA) is 258 Å². The van der Waals surface area contributed by atoms with Crippen LogP contribution in [0.5, 0.6) is 0 Å². The molecule has 0 amide bonds. The van der Waals surface area contributed by atoms with Gasteiger partial charge in [-0.05, 0) is 80.3 Å². The number of aliphatic hydroxyl groups excluding tert-OH is 6. The third-order valence-corrected chi connectivity index (χ3v) is 22.2. The van der Waals surface area contributed by atoms with Gasteiger partial charge in [0.25, 0.3) is 0 Å². The van der Waals surface area contributed by atoms with Gasteiger partial charge in [0.05, 0.1) is 154 Å². The molecule has 82 heavy (non-hydrogen) atoms. The fourth-order valence-corrected chi connectivity index (χ4v) is 17.7. The zero-order valence-electron chi connectivity index (χ0n) is 48.6. The first-order valence-corrected chi connectivity index (χ1v) is 31.7. The van der Waals surface area contributed by atoms with Gasteiger partial charge in [-0.1, -0.05) is 47.8 Å². The summed E-state index contributed by atoms with van der Waals surface area (Å²) in [6, 6.07) is 0. The van der Waals surface area contributed by atoms with Crippen molar-refractivity contribution in [3.63, 3.8) is 0 Å². The second-order valence-electron chi connectivity index (χ2n) is 28.0. The lowest BCUT2D eigenvalue weighted by Crippen LogP contribution is -2.62. The maximum Gasteiger partial charge on any atom is 0.308 e. The normalized spacial score (nSPS) is 55.8. The van der Waals surface area contributed by atoms with Gasteiger partial charge in [-0.15, -0.1) is 0 Å². The summed E-state index contributed by atoms with van der Waals surface area (Å²) in [6.07, 6.45) is -4.58. The highest BCUT2D eigenvalue weighted by Crippen LogP contribution is 2.56. The Hall–Kier alpha value is -1.77. The number of esters is 1.